The average molecular weight is 476 g/mol. The minimum absolute atomic E-state index is 0.0810. The molecule has 2 aromatic carbocycles. The van der Waals surface area contributed by atoms with Crippen molar-refractivity contribution >= 4 is 23.4 Å². The summed E-state index contributed by atoms with van der Waals surface area (Å²) in [6.45, 7) is 8.16. The Balaban J connectivity index is 1.50. The van der Waals surface area contributed by atoms with Gasteiger partial charge in [-0.1, -0.05) is 6.07 Å². The minimum atomic E-state index is -0.223. The van der Waals surface area contributed by atoms with Crippen LogP contribution in [0.2, 0.25) is 0 Å². The molecule has 0 radical (unpaired) electrons. The zero-order chi connectivity index (χ0) is 24.9. The fraction of sp³-hybridized carbons (Fsp3) is 0.429. The number of allylic oxidation sites excluding steroid dienone is 1. The van der Waals surface area contributed by atoms with E-state index >= 15 is 0 Å². The van der Waals surface area contributed by atoms with E-state index in [1.165, 1.54) is 19.0 Å². The molecule has 0 aromatic heterocycles. The third-order valence-electron chi connectivity index (χ3n) is 7.00. The number of methoxy groups -OCH3 is 1. The van der Waals surface area contributed by atoms with Crippen LogP contribution in [0.1, 0.15) is 52.9 Å². The van der Waals surface area contributed by atoms with Crippen LogP contribution in [0.3, 0.4) is 0 Å². The van der Waals surface area contributed by atoms with Gasteiger partial charge in [0, 0.05) is 68.5 Å². The lowest BCUT2D eigenvalue weighted by molar-refractivity contribution is 0.0939. The van der Waals surface area contributed by atoms with Crippen LogP contribution in [0.4, 0.5) is 5.69 Å². The predicted octanol–water partition coefficient (Wildman–Crippen LogP) is 3.78. The lowest BCUT2D eigenvalue weighted by Crippen LogP contribution is -2.47. The molecule has 4 rings (SSSR count). The molecule has 2 aromatic rings. The molecule has 1 aliphatic heterocycles. The molecular formula is C28H37N5O2. The van der Waals surface area contributed by atoms with Gasteiger partial charge in [0.15, 0.2) is 0 Å². The Morgan fingerprint density at radius 3 is 2.54 bits per heavy atom. The zero-order valence-corrected chi connectivity index (χ0v) is 21.3. The van der Waals surface area contributed by atoms with Crippen molar-refractivity contribution in [3.05, 3.63) is 64.9 Å². The SMILES string of the molecule is CN=C/C(=C\N)c1cc(OC)cc(C(C)NC(=O)c2cc(N3CCN(C4CC4)CC3)ccc2C)c1. The van der Waals surface area contributed by atoms with Gasteiger partial charge in [0.1, 0.15) is 5.75 Å². The Morgan fingerprint density at radius 2 is 1.91 bits per heavy atom. The van der Waals surface area contributed by atoms with Crippen LogP contribution in [0.25, 0.3) is 5.57 Å². The molecule has 7 nitrogen and oxygen atoms in total. The summed E-state index contributed by atoms with van der Waals surface area (Å²) < 4.78 is 5.50. The Kier molecular flexibility index (Phi) is 7.76. The number of hydrogen-bond donors (Lipinski definition) is 2. The summed E-state index contributed by atoms with van der Waals surface area (Å²) in [6, 6.07) is 12.7. The number of aliphatic imine (C=N–C) groups is 1. The molecule has 1 atom stereocenters. The number of nitrogens with zero attached hydrogens (tertiary/aromatic N) is 3. The highest BCUT2D eigenvalue weighted by atomic mass is 16.5. The van der Waals surface area contributed by atoms with Crippen molar-refractivity contribution in [3.63, 3.8) is 0 Å². The number of ether oxygens (including phenoxy) is 1. The summed E-state index contributed by atoms with van der Waals surface area (Å²) in [5, 5.41) is 3.18. The van der Waals surface area contributed by atoms with Crippen molar-refractivity contribution in [2.45, 2.75) is 38.8 Å². The molecule has 1 saturated heterocycles. The second kappa shape index (κ2) is 11.0. The van der Waals surface area contributed by atoms with Gasteiger partial charge in [0.2, 0.25) is 0 Å². The van der Waals surface area contributed by atoms with Gasteiger partial charge in [0.25, 0.3) is 5.91 Å². The van der Waals surface area contributed by atoms with E-state index in [-0.39, 0.29) is 11.9 Å². The summed E-state index contributed by atoms with van der Waals surface area (Å²) in [4.78, 5) is 22.4. The highest BCUT2D eigenvalue weighted by Crippen LogP contribution is 2.29. The first-order valence-corrected chi connectivity index (χ1v) is 12.4. The fourth-order valence-electron chi connectivity index (χ4n) is 4.70. The van der Waals surface area contributed by atoms with Gasteiger partial charge in [-0.05, 0) is 73.7 Å². The lowest BCUT2D eigenvalue weighted by atomic mass is 9.99. The molecule has 186 valence electrons. The molecule has 1 unspecified atom stereocenters. The van der Waals surface area contributed by atoms with Crippen LogP contribution in [0.15, 0.2) is 47.6 Å². The number of carbonyl (C=O) groups is 1. The van der Waals surface area contributed by atoms with E-state index in [1.54, 1.807) is 20.4 Å². The smallest absolute Gasteiger partial charge is 0.252 e. The van der Waals surface area contributed by atoms with Crippen LogP contribution in [0.5, 0.6) is 5.75 Å². The number of benzene rings is 2. The first-order chi connectivity index (χ1) is 16.9. The third-order valence-corrected chi connectivity index (χ3v) is 7.00. The zero-order valence-electron chi connectivity index (χ0n) is 21.3. The van der Waals surface area contributed by atoms with Crippen molar-refractivity contribution in [2.24, 2.45) is 10.7 Å². The van der Waals surface area contributed by atoms with Gasteiger partial charge < -0.3 is 20.7 Å². The van der Waals surface area contributed by atoms with E-state index in [2.05, 4.69) is 26.2 Å². The van der Waals surface area contributed by atoms with Crippen LogP contribution in [0, 0.1) is 6.92 Å². The number of nitrogens with one attached hydrogen (secondary N) is 1. The number of anilines is 1. The van der Waals surface area contributed by atoms with Gasteiger partial charge in [0.05, 0.1) is 13.2 Å². The van der Waals surface area contributed by atoms with E-state index in [0.29, 0.717) is 11.3 Å². The molecule has 1 saturated carbocycles. The maximum Gasteiger partial charge on any atom is 0.252 e. The van der Waals surface area contributed by atoms with E-state index < -0.39 is 0 Å². The highest BCUT2D eigenvalue weighted by Gasteiger charge is 2.31. The third kappa shape index (κ3) is 5.85. The second-order valence-electron chi connectivity index (χ2n) is 9.45. The number of amides is 1. The van der Waals surface area contributed by atoms with Crippen molar-refractivity contribution in [2.75, 3.05) is 45.2 Å². The van der Waals surface area contributed by atoms with Crippen molar-refractivity contribution < 1.29 is 9.53 Å². The monoisotopic (exact) mass is 475 g/mol. The highest BCUT2D eigenvalue weighted by molar-refractivity contribution is 6.09. The number of aryl methyl sites for hydroxylation is 1. The number of rotatable bonds is 8. The largest absolute Gasteiger partial charge is 0.497 e. The molecule has 35 heavy (non-hydrogen) atoms. The first kappa shape index (κ1) is 24.8. The summed E-state index contributed by atoms with van der Waals surface area (Å²) in [7, 11) is 3.34. The molecule has 0 spiro atoms. The summed E-state index contributed by atoms with van der Waals surface area (Å²) in [5.41, 5.74) is 11.2. The minimum Gasteiger partial charge on any atom is -0.497 e. The summed E-state index contributed by atoms with van der Waals surface area (Å²) >= 11 is 0. The maximum atomic E-state index is 13.3. The fourth-order valence-corrected chi connectivity index (χ4v) is 4.70. The molecule has 0 bridgehead atoms. The predicted molar refractivity (Wildman–Crippen MR) is 143 cm³/mol. The second-order valence-corrected chi connectivity index (χ2v) is 9.45. The number of piperazine rings is 1. The maximum absolute atomic E-state index is 13.3. The van der Waals surface area contributed by atoms with Gasteiger partial charge in [-0.2, -0.15) is 0 Å². The van der Waals surface area contributed by atoms with E-state index in [9.17, 15) is 4.79 Å². The number of hydrogen-bond acceptors (Lipinski definition) is 6. The van der Waals surface area contributed by atoms with Crippen molar-refractivity contribution in [3.8, 4) is 5.75 Å². The van der Waals surface area contributed by atoms with Crippen LogP contribution in [-0.4, -0.2) is 63.4 Å². The molecule has 1 amide bonds. The molecule has 1 heterocycles. The van der Waals surface area contributed by atoms with Crippen molar-refractivity contribution in [1.29, 1.82) is 0 Å². The molecule has 2 aliphatic rings. The Hall–Kier alpha value is -3.32. The van der Waals surface area contributed by atoms with Crippen LogP contribution in [-0.2, 0) is 0 Å². The normalized spacial score (nSPS) is 18.1. The van der Waals surface area contributed by atoms with E-state index in [0.717, 1.165) is 60.2 Å². The van der Waals surface area contributed by atoms with Gasteiger partial charge >= 0.3 is 0 Å². The van der Waals surface area contributed by atoms with Crippen LogP contribution >= 0.6 is 0 Å². The van der Waals surface area contributed by atoms with Gasteiger partial charge in [-0.25, -0.2) is 0 Å². The van der Waals surface area contributed by atoms with Gasteiger partial charge in [-0.3, -0.25) is 14.7 Å². The van der Waals surface area contributed by atoms with Crippen molar-refractivity contribution in [1.82, 2.24) is 10.2 Å². The molecule has 7 heteroatoms. The molecular weight excluding hydrogens is 438 g/mol. The number of carbonyl (C=O) groups excluding carboxylic acids is 1. The van der Waals surface area contributed by atoms with Crippen LogP contribution < -0.4 is 20.7 Å². The van der Waals surface area contributed by atoms with Gasteiger partial charge in [-0.15, -0.1) is 0 Å². The molecule has 1 aliphatic carbocycles. The average Bonchev–Trinajstić information content (AvgIpc) is 3.73. The molecule has 3 N–H and O–H groups in total. The quantitative estimate of drug-likeness (QED) is 0.568. The summed E-state index contributed by atoms with van der Waals surface area (Å²) in [5.74, 6) is 0.619. The Bertz CT molecular complexity index is 1110. The number of nitrogens with two attached hydrogens (primary N) is 1. The first-order valence-electron chi connectivity index (χ1n) is 12.4. The lowest BCUT2D eigenvalue weighted by Gasteiger charge is -2.36. The van der Waals surface area contributed by atoms with E-state index in [4.69, 9.17) is 10.5 Å². The Labute approximate surface area is 208 Å². The Morgan fingerprint density at radius 1 is 1.17 bits per heavy atom. The molecule has 2 fully saturated rings. The van der Waals surface area contributed by atoms with E-state index in [1.807, 2.05) is 44.2 Å². The standard InChI is InChI=1S/C28H37N5O2/c1-19-5-6-25(33-11-9-32(10-12-33)24-7-8-24)16-27(19)28(34)31-20(2)21-13-22(15-26(14-21)35-4)23(17-29)18-30-3/h5-6,13-18,20,24H,7-12,29H2,1-4H3,(H,31,34)/b23-17+,30-18?. The summed E-state index contributed by atoms with van der Waals surface area (Å²) in [6.07, 6.45) is 5.92. The topological polar surface area (TPSA) is 83.2 Å².